The summed E-state index contributed by atoms with van der Waals surface area (Å²) in [5.74, 6) is -0.339. The molecule has 5 heteroatoms. The van der Waals surface area contributed by atoms with E-state index in [2.05, 4.69) is 10.6 Å². The second kappa shape index (κ2) is 8.32. The number of carbonyl (C=O) groups is 2. The molecule has 1 atom stereocenters. The molecule has 1 aromatic carbocycles. The molecule has 20 heavy (non-hydrogen) atoms. The van der Waals surface area contributed by atoms with Gasteiger partial charge in [-0.25, -0.2) is 0 Å². The summed E-state index contributed by atoms with van der Waals surface area (Å²) in [6.07, 6.45) is -0.788. The highest BCUT2D eigenvalue weighted by Gasteiger charge is 2.12. The first kappa shape index (κ1) is 16.2. The lowest BCUT2D eigenvalue weighted by Crippen LogP contribution is -2.36. The van der Waals surface area contributed by atoms with E-state index in [0.717, 1.165) is 5.56 Å². The van der Waals surface area contributed by atoms with Crippen molar-refractivity contribution in [1.29, 1.82) is 0 Å². The Morgan fingerprint density at radius 2 is 1.70 bits per heavy atom. The minimum absolute atomic E-state index is 0.0160. The molecule has 1 rings (SSSR count). The zero-order chi connectivity index (χ0) is 15.0. The van der Waals surface area contributed by atoms with Gasteiger partial charge < -0.3 is 15.7 Å². The summed E-state index contributed by atoms with van der Waals surface area (Å²) in [5.41, 5.74) is 0.718. The lowest BCUT2D eigenvalue weighted by molar-refractivity contribution is -0.125. The predicted molar refractivity (Wildman–Crippen MR) is 76.9 cm³/mol. The molecule has 0 aromatic heterocycles. The minimum Gasteiger partial charge on any atom is -0.388 e. The van der Waals surface area contributed by atoms with Crippen molar-refractivity contribution in [3.63, 3.8) is 0 Å². The first-order valence-corrected chi connectivity index (χ1v) is 6.78. The van der Waals surface area contributed by atoms with E-state index < -0.39 is 6.10 Å². The highest BCUT2D eigenvalue weighted by Crippen LogP contribution is 2.15. The van der Waals surface area contributed by atoms with Gasteiger partial charge in [-0.2, -0.15) is 0 Å². The van der Waals surface area contributed by atoms with Gasteiger partial charge >= 0.3 is 0 Å². The van der Waals surface area contributed by atoms with Crippen LogP contribution in [-0.2, 0) is 9.59 Å². The summed E-state index contributed by atoms with van der Waals surface area (Å²) in [6, 6.07) is 9.05. The third-order valence-corrected chi connectivity index (χ3v) is 2.83. The third kappa shape index (κ3) is 5.84. The Morgan fingerprint density at radius 3 is 2.30 bits per heavy atom. The van der Waals surface area contributed by atoms with E-state index in [9.17, 15) is 14.7 Å². The van der Waals surface area contributed by atoms with Crippen LogP contribution >= 0.6 is 0 Å². The van der Waals surface area contributed by atoms with E-state index in [-0.39, 0.29) is 24.2 Å². The van der Waals surface area contributed by atoms with Crippen molar-refractivity contribution in [3.8, 4) is 0 Å². The van der Waals surface area contributed by atoms with Gasteiger partial charge in [0.05, 0.1) is 12.5 Å². The van der Waals surface area contributed by atoms with Crippen LogP contribution in [0.2, 0.25) is 0 Å². The van der Waals surface area contributed by atoms with Crippen LogP contribution in [0.4, 0.5) is 0 Å². The van der Waals surface area contributed by atoms with Gasteiger partial charge in [-0.05, 0) is 5.56 Å². The molecule has 0 fully saturated rings. The summed E-state index contributed by atoms with van der Waals surface area (Å²) in [4.78, 5) is 22.9. The van der Waals surface area contributed by atoms with Crippen LogP contribution in [0.15, 0.2) is 30.3 Å². The maximum atomic E-state index is 11.6. The van der Waals surface area contributed by atoms with E-state index in [1.165, 1.54) is 0 Å². The molecule has 110 valence electrons. The normalized spacial score (nSPS) is 12.0. The van der Waals surface area contributed by atoms with Gasteiger partial charge in [0.15, 0.2) is 0 Å². The number of rotatable bonds is 7. The van der Waals surface area contributed by atoms with Crippen molar-refractivity contribution in [2.45, 2.75) is 26.4 Å². The first-order chi connectivity index (χ1) is 9.50. The maximum absolute atomic E-state index is 11.6. The average Bonchev–Trinajstić information content (AvgIpc) is 2.44. The molecule has 0 heterocycles. The van der Waals surface area contributed by atoms with Gasteiger partial charge in [-0.15, -0.1) is 0 Å². The Hall–Kier alpha value is -1.88. The van der Waals surface area contributed by atoms with E-state index in [1.807, 2.05) is 32.0 Å². The Morgan fingerprint density at radius 1 is 1.10 bits per heavy atom. The second-order valence-electron chi connectivity index (χ2n) is 4.93. The number of benzene rings is 1. The van der Waals surface area contributed by atoms with Crippen molar-refractivity contribution in [2.75, 3.05) is 13.1 Å². The van der Waals surface area contributed by atoms with Crippen LogP contribution in [0.25, 0.3) is 0 Å². The average molecular weight is 278 g/mol. The Bertz CT molecular complexity index is 432. The Labute approximate surface area is 119 Å². The summed E-state index contributed by atoms with van der Waals surface area (Å²) in [6.45, 7) is 4.37. The van der Waals surface area contributed by atoms with Crippen LogP contribution in [-0.4, -0.2) is 30.0 Å². The molecule has 0 spiro atoms. The third-order valence-electron chi connectivity index (χ3n) is 2.83. The maximum Gasteiger partial charge on any atom is 0.223 e. The largest absolute Gasteiger partial charge is 0.388 e. The minimum atomic E-state index is -0.804. The fraction of sp³-hybridized carbons (Fsp3) is 0.467. The van der Waals surface area contributed by atoms with Gasteiger partial charge in [-0.1, -0.05) is 44.2 Å². The Kier molecular flexibility index (Phi) is 6.73. The van der Waals surface area contributed by atoms with Gasteiger partial charge in [-0.3, -0.25) is 9.59 Å². The van der Waals surface area contributed by atoms with Crippen molar-refractivity contribution < 1.29 is 14.7 Å². The quantitative estimate of drug-likeness (QED) is 0.651. The van der Waals surface area contributed by atoms with Crippen molar-refractivity contribution in [3.05, 3.63) is 35.9 Å². The molecule has 0 radical (unpaired) electrons. The number of hydrogen-bond donors (Lipinski definition) is 3. The van der Waals surface area contributed by atoms with Gasteiger partial charge in [0.25, 0.3) is 0 Å². The molecule has 0 saturated carbocycles. The van der Waals surface area contributed by atoms with Gasteiger partial charge in [0.1, 0.15) is 0 Å². The van der Waals surface area contributed by atoms with Crippen molar-refractivity contribution in [2.24, 2.45) is 5.92 Å². The number of nitrogens with one attached hydrogen (secondary N) is 2. The monoisotopic (exact) mass is 278 g/mol. The summed E-state index contributed by atoms with van der Waals surface area (Å²) in [7, 11) is 0. The van der Waals surface area contributed by atoms with Gasteiger partial charge in [0, 0.05) is 19.0 Å². The van der Waals surface area contributed by atoms with Crippen molar-refractivity contribution >= 4 is 11.8 Å². The summed E-state index contributed by atoms with van der Waals surface area (Å²) >= 11 is 0. The lowest BCUT2D eigenvalue weighted by Gasteiger charge is -2.12. The van der Waals surface area contributed by atoms with Crippen LogP contribution in [0.3, 0.4) is 0 Å². The van der Waals surface area contributed by atoms with Crippen LogP contribution in [0.5, 0.6) is 0 Å². The Balaban J connectivity index is 2.22. The molecule has 0 saturated heterocycles. The molecular weight excluding hydrogens is 256 g/mol. The lowest BCUT2D eigenvalue weighted by atomic mass is 10.1. The number of aliphatic hydroxyl groups excluding tert-OH is 1. The summed E-state index contributed by atoms with van der Waals surface area (Å²) < 4.78 is 0. The molecule has 1 unspecified atom stereocenters. The SMILES string of the molecule is CC(C)C(=O)NCCNC(=O)CC(O)c1ccccc1. The number of carbonyl (C=O) groups excluding carboxylic acids is 2. The summed E-state index contributed by atoms with van der Waals surface area (Å²) in [5, 5.41) is 15.2. The van der Waals surface area contributed by atoms with E-state index in [0.29, 0.717) is 13.1 Å². The fourth-order valence-corrected chi connectivity index (χ4v) is 1.63. The molecule has 3 N–H and O–H groups in total. The van der Waals surface area contributed by atoms with Crippen molar-refractivity contribution in [1.82, 2.24) is 10.6 Å². The number of amides is 2. The molecule has 0 aliphatic carbocycles. The number of aliphatic hydroxyl groups is 1. The molecular formula is C15H22N2O3. The van der Waals surface area contributed by atoms with Crippen LogP contribution in [0.1, 0.15) is 31.9 Å². The second-order valence-corrected chi connectivity index (χ2v) is 4.93. The molecule has 0 aliphatic rings. The van der Waals surface area contributed by atoms with E-state index in [4.69, 9.17) is 0 Å². The number of hydrogen-bond acceptors (Lipinski definition) is 3. The highest BCUT2D eigenvalue weighted by atomic mass is 16.3. The molecule has 2 amide bonds. The highest BCUT2D eigenvalue weighted by molar-refractivity contribution is 5.78. The van der Waals surface area contributed by atoms with Crippen LogP contribution < -0.4 is 10.6 Å². The van der Waals surface area contributed by atoms with Gasteiger partial charge in [0.2, 0.25) is 11.8 Å². The molecule has 1 aromatic rings. The van der Waals surface area contributed by atoms with E-state index in [1.54, 1.807) is 12.1 Å². The first-order valence-electron chi connectivity index (χ1n) is 6.78. The zero-order valence-electron chi connectivity index (χ0n) is 11.9. The standard InChI is InChI=1S/C15H22N2O3/c1-11(2)15(20)17-9-8-16-14(19)10-13(18)12-6-4-3-5-7-12/h3-7,11,13,18H,8-10H2,1-2H3,(H,16,19)(H,17,20). The van der Waals surface area contributed by atoms with Crippen LogP contribution in [0, 0.1) is 5.92 Å². The molecule has 0 aliphatic heterocycles. The fourth-order valence-electron chi connectivity index (χ4n) is 1.63. The topological polar surface area (TPSA) is 78.4 Å². The smallest absolute Gasteiger partial charge is 0.223 e. The zero-order valence-corrected chi connectivity index (χ0v) is 11.9. The molecule has 5 nitrogen and oxygen atoms in total. The predicted octanol–water partition coefficient (Wildman–Crippen LogP) is 0.998. The van der Waals surface area contributed by atoms with E-state index >= 15 is 0 Å². The molecule has 0 bridgehead atoms.